The fraction of sp³-hybridized carbons (Fsp3) is 0.222. The number of fused-ring (bicyclic) bond motifs is 1. The van der Waals surface area contributed by atoms with Gasteiger partial charge in [0.05, 0.1) is 11.6 Å². The van der Waals surface area contributed by atoms with Gasteiger partial charge in [0, 0.05) is 23.6 Å². The molecule has 2 aliphatic rings. The molecule has 2 aliphatic heterocycles. The Bertz CT molecular complexity index is 1310. The Morgan fingerprint density at radius 2 is 1.76 bits per heavy atom. The Morgan fingerprint density at radius 1 is 1.03 bits per heavy atom. The van der Waals surface area contributed by atoms with Crippen molar-refractivity contribution in [1.29, 1.82) is 0 Å². The summed E-state index contributed by atoms with van der Waals surface area (Å²) in [5.41, 5.74) is 2.58. The molecule has 0 bridgehead atoms. The number of aromatic nitrogens is 1. The van der Waals surface area contributed by atoms with Gasteiger partial charge in [0.1, 0.15) is 5.76 Å². The molecular formula is C27H24N2O5. The summed E-state index contributed by atoms with van der Waals surface area (Å²) in [4.78, 5) is 32.1. The second kappa shape index (κ2) is 8.02. The Balaban J connectivity index is 1.66. The first-order chi connectivity index (χ1) is 16.3. The molecule has 1 N–H and O–H groups in total. The van der Waals surface area contributed by atoms with Crippen LogP contribution in [0.1, 0.15) is 43.5 Å². The number of aliphatic hydroxyl groups excluding tert-OH is 1. The molecule has 0 spiro atoms. The number of benzene rings is 2. The smallest absolute Gasteiger partial charge is 0.300 e. The number of hydrogen-bond donors (Lipinski definition) is 1. The molecule has 1 saturated heterocycles. The Morgan fingerprint density at radius 3 is 2.44 bits per heavy atom. The van der Waals surface area contributed by atoms with E-state index in [-0.39, 0.29) is 23.5 Å². The lowest BCUT2D eigenvalue weighted by Crippen LogP contribution is -2.29. The zero-order chi connectivity index (χ0) is 24.0. The lowest BCUT2D eigenvalue weighted by molar-refractivity contribution is -0.132. The van der Waals surface area contributed by atoms with E-state index in [2.05, 4.69) is 25.8 Å². The zero-order valence-corrected chi connectivity index (χ0v) is 19.1. The van der Waals surface area contributed by atoms with Crippen molar-refractivity contribution in [2.75, 3.05) is 11.7 Å². The Hall–Kier alpha value is -4.13. The molecule has 7 heteroatoms. The molecule has 34 heavy (non-hydrogen) atoms. The third kappa shape index (κ3) is 3.59. The van der Waals surface area contributed by atoms with Crippen LogP contribution in [-0.4, -0.2) is 28.6 Å². The summed E-state index contributed by atoms with van der Waals surface area (Å²) in [5.74, 6) is -0.725. The first kappa shape index (κ1) is 21.7. The predicted octanol–water partition coefficient (Wildman–Crippen LogP) is 4.73. The monoisotopic (exact) mass is 456 g/mol. The topological polar surface area (TPSA) is 89.0 Å². The number of nitrogens with zero attached hydrogens (tertiary/aromatic N) is 2. The molecule has 3 aromatic rings. The highest BCUT2D eigenvalue weighted by molar-refractivity contribution is 6.51. The SMILES string of the molecule is CC(C)(C)c1ccc(N2C(=O)C(=O)/C(=C(\O)c3ccc4c(c3)OCO4)C2c2cccnc2)cc1. The van der Waals surface area contributed by atoms with Crippen LogP contribution in [0, 0.1) is 0 Å². The normalized spacial score (nSPS) is 19.0. The fourth-order valence-electron chi connectivity index (χ4n) is 4.27. The fourth-order valence-corrected chi connectivity index (χ4v) is 4.27. The van der Waals surface area contributed by atoms with Crippen molar-refractivity contribution in [1.82, 2.24) is 4.98 Å². The van der Waals surface area contributed by atoms with Crippen molar-refractivity contribution in [3.63, 3.8) is 0 Å². The number of pyridine rings is 1. The first-order valence-electron chi connectivity index (χ1n) is 11.0. The largest absolute Gasteiger partial charge is 0.507 e. The molecule has 2 aromatic carbocycles. The summed E-state index contributed by atoms with van der Waals surface area (Å²) in [5, 5.41) is 11.3. The summed E-state index contributed by atoms with van der Waals surface area (Å²) in [6.45, 7) is 6.41. The molecule has 1 fully saturated rings. The van der Waals surface area contributed by atoms with Gasteiger partial charge < -0.3 is 14.6 Å². The summed E-state index contributed by atoms with van der Waals surface area (Å²) in [6.07, 6.45) is 3.21. The van der Waals surface area contributed by atoms with E-state index < -0.39 is 17.7 Å². The summed E-state index contributed by atoms with van der Waals surface area (Å²) < 4.78 is 10.8. The predicted molar refractivity (Wildman–Crippen MR) is 127 cm³/mol. The summed E-state index contributed by atoms with van der Waals surface area (Å²) >= 11 is 0. The quantitative estimate of drug-likeness (QED) is 0.348. The van der Waals surface area contributed by atoms with Gasteiger partial charge >= 0.3 is 0 Å². The minimum absolute atomic E-state index is 0.00300. The number of ether oxygens (including phenoxy) is 2. The van der Waals surface area contributed by atoms with E-state index in [1.807, 2.05) is 24.3 Å². The van der Waals surface area contributed by atoms with Gasteiger partial charge in [-0.15, -0.1) is 0 Å². The van der Waals surface area contributed by atoms with Crippen LogP contribution < -0.4 is 14.4 Å². The maximum absolute atomic E-state index is 13.3. The van der Waals surface area contributed by atoms with Crippen LogP contribution in [0.25, 0.3) is 5.76 Å². The lowest BCUT2D eigenvalue weighted by Gasteiger charge is -2.26. The number of amides is 1. The number of hydrogen-bond acceptors (Lipinski definition) is 6. The number of ketones is 1. The van der Waals surface area contributed by atoms with Crippen LogP contribution >= 0.6 is 0 Å². The number of carbonyl (C=O) groups excluding carboxylic acids is 2. The molecule has 1 amide bonds. The molecule has 0 saturated carbocycles. The van der Waals surface area contributed by atoms with Gasteiger partial charge in [-0.3, -0.25) is 19.5 Å². The summed E-state index contributed by atoms with van der Waals surface area (Å²) in [6, 6.07) is 15.1. The average Bonchev–Trinajstić information content (AvgIpc) is 3.41. The molecule has 3 heterocycles. The number of anilines is 1. The third-order valence-electron chi connectivity index (χ3n) is 6.10. The van der Waals surface area contributed by atoms with E-state index in [9.17, 15) is 14.7 Å². The van der Waals surface area contributed by atoms with Crippen LogP contribution in [0.3, 0.4) is 0 Å². The highest BCUT2D eigenvalue weighted by atomic mass is 16.7. The zero-order valence-electron chi connectivity index (χ0n) is 19.1. The highest BCUT2D eigenvalue weighted by Gasteiger charge is 2.47. The van der Waals surface area contributed by atoms with Crippen LogP contribution in [-0.2, 0) is 15.0 Å². The van der Waals surface area contributed by atoms with Crippen LogP contribution in [0.2, 0.25) is 0 Å². The molecule has 0 radical (unpaired) electrons. The average molecular weight is 456 g/mol. The lowest BCUT2D eigenvalue weighted by atomic mass is 9.87. The molecule has 172 valence electrons. The minimum Gasteiger partial charge on any atom is -0.507 e. The second-order valence-electron chi connectivity index (χ2n) is 9.32. The van der Waals surface area contributed by atoms with Gasteiger partial charge in [-0.1, -0.05) is 39.0 Å². The maximum Gasteiger partial charge on any atom is 0.300 e. The minimum atomic E-state index is -0.834. The van der Waals surface area contributed by atoms with Crippen LogP contribution in [0.5, 0.6) is 11.5 Å². The Kier molecular flexibility index (Phi) is 5.12. The van der Waals surface area contributed by atoms with Crippen molar-refractivity contribution in [2.45, 2.75) is 32.2 Å². The standard InChI is InChI=1S/C27H24N2O5/c1-27(2,3)18-7-9-19(10-8-18)29-23(17-5-4-12-28-14-17)22(25(31)26(29)32)24(30)16-6-11-20-21(13-16)34-15-33-20/h4-14,23,30H,15H2,1-3H3/b24-22-. The molecule has 1 aromatic heterocycles. The maximum atomic E-state index is 13.3. The van der Waals surface area contributed by atoms with Gasteiger partial charge in [-0.2, -0.15) is 0 Å². The Labute approximate surface area is 197 Å². The van der Waals surface area contributed by atoms with Crippen molar-refractivity contribution < 1.29 is 24.2 Å². The van der Waals surface area contributed by atoms with E-state index in [0.29, 0.717) is 28.3 Å². The van der Waals surface area contributed by atoms with Gasteiger partial charge in [-0.05, 0) is 52.9 Å². The number of aliphatic hydroxyl groups is 1. The first-order valence-corrected chi connectivity index (χ1v) is 11.0. The molecule has 1 atom stereocenters. The van der Waals surface area contributed by atoms with Gasteiger partial charge in [-0.25, -0.2) is 0 Å². The number of rotatable bonds is 3. The van der Waals surface area contributed by atoms with Crippen LogP contribution in [0.15, 0.2) is 72.6 Å². The van der Waals surface area contributed by atoms with Crippen molar-refractivity contribution in [2.24, 2.45) is 0 Å². The van der Waals surface area contributed by atoms with Crippen LogP contribution in [0.4, 0.5) is 5.69 Å². The highest BCUT2D eigenvalue weighted by Crippen LogP contribution is 2.43. The number of carbonyl (C=O) groups is 2. The summed E-state index contributed by atoms with van der Waals surface area (Å²) in [7, 11) is 0. The van der Waals surface area contributed by atoms with Crippen molar-refractivity contribution in [3.05, 3.63) is 89.3 Å². The molecule has 1 unspecified atom stereocenters. The van der Waals surface area contributed by atoms with E-state index in [1.165, 1.54) is 4.90 Å². The number of Topliss-reactive ketones (excluding diaryl/α,β-unsaturated/α-hetero) is 1. The second-order valence-corrected chi connectivity index (χ2v) is 9.32. The molecule has 5 rings (SSSR count). The molecule has 0 aliphatic carbocycles. The van der Waals surface area contributed by atoms with Gasteiger partial charge in [0.25, 0.3) is 11.7 Å². The van der Waals surface area contributed by atoms with Gasteiger partial charge in [0.2, 0.25) is 6.79 Å². The van der Waals surface area contributed by atoms with E-state index in [1.54, 1.807) is 42.7 Å². The third-order valence-corrected chi connectivity index (χ3v) is 6.10. The van der Waals surface area contributed by atoms with E-state index in [0.717, 1.165) is 5.56 Å². The molecule has 7 nitrogen and oxygen atoms in total. The van der Waals surface area contributed by atoms with Crippen molar-refractivity contribution >= 4 is 23.1 Å². The van der Waals surface area contributed by atoms with E-state index >= 15 is 0 Å². The van der Waals surface area contributed by atoms with Crippen molar-refractivity contribution in [3.8, 4) is 11.5 Å². The molecular weight excluding hydrogens is 432 g/mol. The van der Waals surface area contributed by atoms with E-state index in [4.69, 9.17) is 9.47 Å². The van der Waals surface area contributed by atoms with Gasteiger partial charge in [0.15, 0.2) is 11.5 Å².